The molecule has 31 heavy (non-hydrogen) atoms. The molecule has 8 heteroatoms. The quantitative estimate of drug-likeness (QED) is 0.564. The minimum atomic E-state index is -3.03. The van der Waals surface area contributed by atoms with Crippen molar-refractivity contribution >= 4 is 10.8 Å². The lowest BCUT2D eigenvalue weighted by molar-refractivity contribution is 0.205. The van der Waals surface area contributed by atoms with Gasteiger partial charge in [-0.1, -0.05) is 25.1 Å². The van der Waals surface area contributed by atoms with Gasteiger partial charge in [0.05, 0.1) is 32.8 Å². The van der Waals surface area contributed by atoms with Gasteiger partial charge in [0.25, 0.3) is 0 Å². The summed E-state index contributed by atoms with van der Waals surface area (Å²) in [5, 5.41) is 0. The van der Waals surface area contributed by atoms with E-state index in [1.54, 1.807) is 33.5 Å². The van der Waals surface area contributed by atoms with E-state index in [-0.39, 0.29) is 14.0 Å². The number of rotatable bonds is 5. The summed E-state index contributed by atoms with van der Waals surface area (Å²) in [7, 11) is 1.78. The smallest absolute Gasteiger partial charge is 0.203 e. The predicted octanol–water partition coefficient (Wildman–Crippen LogP) is 6.11. The van der Waals surface area contributed by atoms with Crippen LogP contribution in [0.5, 0.6) is 17.2 Å². The van der Waals surface area contributed by atoms with Gasteiger partial charge in [0, 0.05) is 6.54 Å². The van der Waals surface area contributed by atoms with Gasteiger partial charge >= 0.3 is 0 Å². The average molecular weight is 458 g/mol. The summed E-state index contributed by atoms with van der Waals surface area (Å²) in [6.45, 7) is 5.86. The Hall–Kier alpha value is -2.00. The van der Waals surface area contributed by atoms with Gasteiger partial charge in [-0.3, -0.25) is 9.11 Å². The van der Waals surface area contributed by atoms with E-state index in [1.807, 2.05) is 38.1 Å². The fraction of sp³-hybridized carbons (Fsp3) is 0.478. The van der Waals surface area contributed by atoms with E-state index in [9.17, 15) is 13.5 Å². The van der Waals surface area contributed by atoms with Crippen molar-refractivity contribution in [2.45, 2.75) is 45.2 Å². The van der Waals surface area contributed by atoms with Crippen LogP contribution >= 0.6 is 10.8 Å². The molecule has 6 nitrogen and oxygen atoms in total. The van der Waals surface area contributed by atoms with Crippen LogP contribution in [0.2, 0.25) is 0 Å². The van der Waals surface area contributed by atoms with Crippen LogP contribution in [0.1, 0.15) is 31.9 Å². The van der Waals surface area contributed by atoms with Gasteiger partial charge in [-0.15, -0.1) is 10.8 Å². The van der Waals surface area contributed by atoms with Gasteiger partial charge in [0.1, 0.15) is 5.67 Å². The van der Waals surface area contributed by atoms with Gasteiger partial charge in [0.2, 0.25) is 5.75 Å². The third kappa shape index (κ3) is 6.74. The zero-order valence-corrected chi connectivity index (χ0v) is 19.3. The monoisotopic (exact) mass is 457 g/mol. The lowest BCUT2D eigenvalue weighted by atomic mass is 10.1. The molecule has 0 spiro atoms. The Labute approximate surface area is 187 Å². The summed E-state index contributed by atoms with van der Waals surface area (Å²) in [4.78, 5) is 0.459. The molecule has 1 aliphatic heterocycles. The third-order valence-corrected chi connectivity index (χ3v) is 6.83. The summed E-state index contributed by atoms with van der Waals surface area (Å²) in [6.07, 6.45) is 0.342. The van der Waals surface area contributed by atoms with Crippen molar-refractivity contribution in [3.63, 3.8) is 0 Å². The van der Waals surface area contributed by atoms with Crippen molar-refractivity contribution in [1.29, 1.82) is 0 Å². The molecule has 176 valence electrons. The van der Waals surface area contributed by atoms with E-state index in [2.05, 4.69) is 0 Å². The molecule has 1 atom stereocenters. The van der Waals surface area contributed by atoms with Crippen LogP contribution in [0.15, 0.2) is 41.3 Å². The maximum Gasteiger partial charge on any atom is 0.203 e. The van der Waals surface area contributed by atoms with E-state index in [1.165, 1.54) is 11.2 Å². The SMILES string of the molecule is C.COc1cc(C)cc(OC)c1OC.Cc1ccc(S(O)(O)N2CCC(C)(F)C2)cc1. The Morgan fingerprint density at radius 2 is 1.45 bits per heavy atom. The molecule has 0 amide bonds. The summed E-state index contributed by atoms with van der Waals surface area (Å²) in [6, 6.07) is 10.8. The summed E-state index contributed by atoms with van der Waals surface area (Å²) >= 11 is 0. The van der Waals surface area contributed by atoms with E-state index >= 15 is 0 Å². The van der Waals surface area contributed by atoms with Crippen LogP contribution in [-0.2, 0) is 0 Å². The van der Waals surface area contributed by atoms with E-state index in [0.717, 1.165) is 11.1 Å². The lowest BCUT2D eigenvalue weighted by Gasteiger charge is -2.40. The molecule has 1 aliphatic rings. The van der Waals surface area contributed by atoms with Crippen molar-refractivity contribution < 1.29 is 27.7 Å². The fourth-order valence-corrected chi connectivity index (χ4v) is 4.78. The highest BCUT2D eigenvalue weighted by molar-refractivity contribution is 8.22. The number of halogens is 1. The zero-order valence-electron chi connectivity index (χ0n) is 18.4. The summed E-state index contributed by atoms with van der Waals surface area (Å²) in [5.74, 6) is 2.02. The van der Waals surface area contributed by atoms with Crippen LogP contribution in [0.25, 0.3) is 0 Å². The number of methoxy groups -OCH3 is 3. The molecule has 1 fully saturated rings. The van der Waals surface area contributed by atoms with Crippen LogP contribution < -0.4 is 14.2 Å². The van der Waals surface area contributed by atoms with Crippen molar-refractivity contribution in [3.8, 4) is 17.2 Å². The number of alkyl halides is 1. The van der Waals surface area contributed by atoms with Crippen LogP contribution in [0, 0.1) is 13.8 Å². The molecule has 3 rings (SSSR count). The Morgan fingerprint density at radius 3 is 1.84 bits per heavy atom. The Kier molecular flexibility index (Phi) is 9.63. The average Bonchev–Trinajstić information content (AvgIpc) is 3.08. The molecule has 0 saturated carbocycles. The topological polar surface area (TPSA) is 71.4 Å². The first-order valence-electron chi connectivity index (χ1n) is 9.59. The first-order valence-corrected chi connectivity index (χ1v) is 11.1. The molecule has 2 aromatic carbocycles. The second kappa shape index (κ2) is 11.0. The van der Waals surface area contributed by atoms with Gasteiger partial charge < -0.3 is 14.2 Å². The number of aryl methyl sites for hydroxylation is 2. The number of nitrogens with zero attached hydrogens (tertiary/aromatic N) is 1. The van der Waals surface area contributed by atoms with Gasteiger partial charge in [-0.2, -0.15) is 4.31 Å². The molecule has 2 aromatic rings. The molecule has 1 saturated heterocycles. The van der Waals surface area contributed by atoms with E-state index in [0.29, 0.717) is 35.1 Å². The van der Waals surface area contributed by atoms with Crippen molar-refractivity contribution in [3.05, 3.63) is 47.5 Å². The summed E-state index contributed by atoms with van der Waals surface area (Å²) in [5.41, 5.74) is 0.809. The fourth-order valence-electron chi connectivity index (χ4n) is 3.18. The van der Waals surface area contributed by atoms with Crippen molar-refractivity contribution in [1.82, 2.24) is 4.31 Å². The van der Waals surface area contributed by atoms with Gasteiger partial charge in [-0.25, -0.2) is 4.39 Å². The maximum absolute atomic E-state index is 13.7. The van der Waals surface area contributed by atoms with E-state index in [4.69, 9.17) is 14.2 Å². The summed E-state index contributed by atoms with van der Waals surface area (Å²) < 4.78 is 51.0. The van der Waals surface area contributed by atoms with Crippen LogP contribution in [0.4, 0.5) is 4.39 Å². The molecular formula is C23H36FNO5S. The highest BCUT2D eigenvalue weighted by Gasteiger charge is 2.40. The maximum atomic E-state index is 13.7. The zero-order chi connectivity index (χ0) is 22.5. The second-order valence-electron chi connectivity index (χ2n) is 7.56. The Morgan fingerprint density at radius 1 is 0.935 bits per heavy atom. The minimum absolute atomic E-state index is 0. The molecule has 0 aliphatic carbocycles. The van der Waals surface area contributed by atoms with Crippen molar-refractivity contribution in [2.24, 2.45) is 0 Å². The van der Waals surface area contributed by atoms with Gasteiger partial charge in [-0.05, 0) is 57.0 Å². The Bertz CT molecular complexity index is 817. The van der Waals surface area contributed by atoms with E-state index < -0.39 is 16.4 Å². The van der Waals surface area contributed by atoms with Gasteiger partial charge in [0.15, 0.2) is 11.5 Å². The number of benzene rings is 2. The Balaban J connectivity index is 0.000000311. The molecule has 1 unspecified atom stereocenters. The standard InChI is InChI=1S/C12H18FNO2S.C10H14O3.CH4/c1-10-3-5-11(6-4-10)17(15,16)14-8-7-12(2,13)9-14;1-7-5-8(11-2)10(13-4)9(6-7)12-3;/h3-6,15-16H,7-9H2,1-2H3;5-6H,1-4H3;1H4. The molecule has 0 aromatic heterocycles. The number of hydrogen-bond acceptors (Lipinski definition) is 6. The highest BCUT2D eigenvalue weighted by Crippen LogP contribution is 2.54. The van der Waals surface area contributed by atoms with Crippen molar-refractivity contribution in [2.75, 3.05) is 34.4 Å². The third-order valence-electron chi connectivity index (χ3n) is 4.89. The largest absolute Gasteiger partial charge is 0.493 e. The first-order chi connectivity index (χ1) is 14.0. The second-order valence-corrected chi connectivity index (χ2v) is 9.59. The molecule has 2 N–H and O–H groups in total. The molecule has 1 heterocycles. The predicted molar refractivity (Wildman–Crippen MR) is 126 cm³/mol. The number of ether oxygens (including phenoxy) is 3. The molecular weight excluding hydrogens is 421 g/mol. The van der Waals surface area contributed by atoms with Crippen LogP contribution in [0.3, 0.4) is 0 Å². The minimum Gasteiger partial charge on any atom is -0.493 e. The number of hydrogen-bond donors (Lipinski definition) is 2. The normalized spacial score (nSPS) is 19.0. The molecule has 0 bridgehead atoms. The highest BCUT2D eigenvalue weighted by atomic mass is 32.3. The lowest BCUT2D eigenvalue weighted by Crippen LogP contribution is -2.29. The molecule has 0 radical (unpaired) electrons. The van der Waals surface area contributed by atoms with Crippen LogP contribution in [-0.4, -0.2) is 53.5 Å². The first kappa shape index (κ1) is 27.0.